The van der Waals surface area contributed by atoms with Gasteiger partial charge in [0.15, 0.2) is 0 Å². The fraction of sp³-hybridized carbons (Fsp3) is 0.136. The molecule has 0 amide bonds. The monoisotopic (exact) mass is 348 g/mol. The number of carbonyl (C=O) groups is 1. The molecule has 0 unspecified atom stereocenters. The third kappa shape index (κ3) is 4.42. The van der Waals surface area contributed by atoms with Crippen molar-refractivity contribution < 1.29 is 19.4 Å². The first kappa shape index (κ1) is 17.5. The van der Waals surface area contributed by atoms with E-state index in [0.29, 0.717) is 19.0 Å². The molecule has 0 aliphatic heterocycles. The minimum absolute atomic E-state index is 0.361. The van der Waals surface area contributed by atoms with Gasteiger partial charge in [-0.1, -0.05) is 48.0 Å². The summed E-state index contributed by atoms with van der Waals surface area (Å²) in [5.41, 5.74) is 1.93. The van der Waals surface area contributed by atoms with Crippen molar-refractivity contribution in [1.82, 2.24) is 0 Å². The zero-order valence-electron chi connectivity index (χ0n) is 14.5. The van der Waals surface area contributed by atoms with Crippen LogP contribution in [0.5, 0.6) is 11.5 Å². The van der Waals surface area contributed by atoms with Crippen LogP contribution in [0.2, 0.25) is 0 Å². The van der Waals surface area contributed by atoms with E-state index in [0.717, 1.165) is 28.2 Å². The van der Waals surface area contributed by atoms with Crippen molar-refractivity contribution in [3.05, 3.63) is 77.9 Å². The number of hydrogen-bond acceptors (Lipinski definition) is 3. The summed E-state index contributed by atoms with van der Waals surface area (Å²) < 4.78 is 11.5. The summed E-state index contributed by atoms with van der Waals surface area (Å²) in [5.74, 6) is 0.434. The number of fused-ring (bicyclic) bond motifs is 1. The smallest absolute Gasteiger partial charge is 0.328 e. The van der Waals surface area contributed by atoms with E-state index in [-0.39, 0.29) is 0 Å². The standard InChI is InChI=1S/C22H20O4/c1-16-6-9-18(10-7-16)25-14-15-26-21-12-8-17-4-2-3-5-19(17)20(21)11-13-22(23)24/h2-13H,14-15H2,1H3,(H,23,24). The van der Waals surface area contributed by atoms with E-state index in [1.165, 1.54) is 5.56 Å². The van der Waals surface area contributed by atoms with E-state index in [2.05, 4.69) is 0 Å². The second-order valence-corrected chi connectivity index (χ2v) is 5.88. The van der Waals surface area contributed by atoms with Gasteiger partial charge in [-0.05, 0) is 42.0 Å². The first-order valence-corrected chi connectivity index (χ1v) is 8.38. The van der Waals surface area contributed by atoms with Crippen LogP contribution in [0.1, 0.15) is 11.1 Å². The molecule has 0 aliphatic rings. The third-order valence-electron chi connectivity index (χ3n) is 3.95. The van der Waals surface area contributed by atoms with Gasteiger partial charge in [-0.2, -0.15) is 0 Å². The highest BCUT2D eigenvalue weighted by atomic mass is 16.5. The van der Waals surface area contributed by atoms with Gasteiger partial charge in [-0.15, -0.1) is 0 Å². The number of carboxylic acids is 1. The minimum Gasteiger partial charge on any atom is -0.490 e. The van der Waals surface area contributed by atoms with Crippen LogP contribution in [-0.4, -0.2) is 24.3 Å². The lowest BCUT2D eigenvalue weighted by Crippen LogP contribution is -2.09. The predicted molar refractivity (Wildman–Crippen MR) is 103 cm³/mol. The van der Waals surface area contributed by atoms with E-state index < -0.39 is 5.97 Å². The molecule has 0 atom stereocenters. The Hall–Kier alpha value is -3.27. The highest BCUT2D eigenvalue weighted by molar-refractivity contribution is 5.96. The molecule has 132 valence electrons. The van der Waals surface area contributed by atoms with Gasteiger partial charge in [0.25, 0.3) is 0 Å². The number of ether oxygens (including phenoxy) is 2. The zero-order valence-corrected chi connectivity index (χ0v) is 14.5. The Morgan fingerprint density at radius 1 is 0.962 bits per heavy atom. The Labute approximate surface area is 152 Å². The van der Waals surface area contributed by atoms with Crippen LogP contribution in [0.25, 0.3) is 16.8 Å². The van der Waals surface area contributed by atoms with Gasteiger partial charge in [0, 0.05) is 11.6 Å². The molecule has 0 spiro atoms. The maximum absolute atomic E-state index is 10.9. The molecule has 0 heterocycles. The minimum atomic E-state index is -0.994. The lowest BCUT2D eigenvalue weighted by Gasteiger charge is -2.13. The van der Waals surface area contributed by atoms with E-state index in [9.17, 15) is 4.79 Å². The topological polar surface area (TPSA) is 55.8 Å². The first-order valence-electron chi connectivity index (χ1n) is 8.38. The summed E-state index contributed by atoms with van der Waals surface area (Å²) in [6.07, 6.45) is 2.69. The van der Waals surface area contributed by atoms with Crippen molar-refractivity contribution in [3.8, 4) is 11.5 Å². The summed E-state index contributed by atoms with van der Waals surface area (Å²) in [6, 6.07) is 19.5. The molecule has 0 saturated carbocycles. The summed E-state index contributed by atoms with van der Waals surface area (Å²) in [5, 5.41) is 10.9. The molecule has 0 fully saturated rings. The second kappa shape index (κ2) is 8.21. The lowest BCUT2D eigenvalue weighted by molar-refractivity contribution is -0.131. The van der Waals surface area contributed by atoms with Crippen LogP contribution in [-0.2, 0) is 4.79 Å². The first-order chi connectivity index (χ1) is 12.6. The third-order valence-corrected chi connectivity index (χ3v) is 3.95. The number of aliphatic carboxylic acids is 1. The molecule has 3 rings (SSSR count). The zero-order chi connectivity index (χ0) is 18.4. The average Bonchev–Trinajstić information content (AvgIpc) is 2.65. The van der Waals surface area contributed by atoms with Gasteiger partial charge >= 0.3 is 5.97 Å². The molecule has 4 nitrogen and oxygen atoms in total. The SMILES string of the molecule is Cc1ccc(OCCOc2ccc3ccccc3c2C=CC(=O)O)cc1. The second-order valence-electron chi connectivity index (χ2n) is 5.88. The maximum Gasteiger partial charge on any atom is 0.328 e. The van der Waals surface area contributed by atoms with Crippen molar-refractivity contribution >= 4 is 22.8 Å². The van der Waals surface area contributed by atoms with Crippen molar-refractivity contribution in [1.29, 1.82) is 0 Å². The van der Waals surface area contributed by atoms with Gasteiger partial charge in [-0.25, -0.2) is 4.79 Å². The number of benzene rings is 3. The van der Waals surface area contributed by atoms with Crippen molar-refractivity contribution in [2.75, 3.05) is 13.2 Å². The van der Waals surface area contributed by atoms with E-state index in [1.54, 1.807) is 6.08 Å². The van der Waals surface area contributed by atoms with Gasteiger partial charge in [0.2, 0.25) is 0 Å². The molecule has 3 aromatic rings. The Morgan fingerprint density at radius 2 is 1.69 bits per heavy atom. The molecule has 0 saturated heterocycles. The van der Waals surface area contributed by atoms with Crippen LogP contribution in [0, 0.1) is 6.92 Å². The van der Waals surface area contributed by atoms with Crippen LogP contribution in [0.4, 0.5) is 0 Å². The van der Waals surface area contributed by atoms with Gasteiger partial charge in [-0.3, -0.25) is 0 Å². The van der Waals surface area contributed by atoms with E-state index in [4.69, 9.17) is 14.6 Å². The summed E-state index contributed by atoms with van der Waals surface area (Å²) in [6.45, 7) is 2.79. The fourth-order valence-electron chi connectivity index (χ4n) is 2.67. The molecule has 4 heteroatoms. The average molecular weight is 348 g/mol. The van der Waals surface area contributed by atoms with Crippen LogP contribution < -0.4 is 9.47 Å². The largest absolute Gasteiger partial charge is 0.490 e. The van der Waals surface area contributed by atoms with Crippen molar-refractivity contribution in [3.63, 3.8) is 0 Å². The Balaban J connectivity index is 1.73. The number of aryl methyl sites for hydroxylation is 1. The molecule has 0 aliphatic carbocycles. The molecule has 0 radical (unpaired) electrons. The molecule has 0 bridgehead atoms. The maximum atomic E-state index is 10.9. The molecule has 26 heavy (non-hydrogen) atoms. The molecule has 1 N–H and O–H groups in total. The lowest BCUT2D eigenvalue weighted by atomic mass is 10.0. The quantitative estimate of drug-likeness (QED) is 0.496. The van der Waals surface area contributed by atoms with Crippen molar-refractivity contribution in [2.45, 2.75) is 6.92 Å². The predicted octanol–water partition coefficient (Wildman–Crippen LogP) is 4.70. The molecular weight excluding hydrogens is 328 g/mol. The fourth-order valence-corrected chi connectivity index (χ4v) is 2.67. The van der Waals surface area contributed by atoms with Crippen molar-refractivity contribution in [2.24, 2.45) is 0 Å². The Morgan fingerprint density at radius 3 is 2.46 bits per heavy atom. The van der Waals surface area contributed by atoms with Crippen LogP contribution in [0.3, 0.4) is 0 Å². The summed E-state index contributed by atoms with van der Waals surface area (Å²) >= 11 is 0. The van der Waals surface area contributed by atoms with Gasteiger partial charge in [0.05, 0.1) is 0 Å². The number of hydrogen-bond donors (Lipinski definition) is 1. The van der Waals surface area contributed by atoms with E-state index in [1.807, 2.05) is 67.6 Å². The Bertz CT molecular complexity index is 927. The number of carboxylic acid groups (broad SMARTS) is 1. The van der Waals surface area contributed by atoms with Gasteiger partial charge in [0.1, 0.15) is 24.7 Å². The molecular formula is C22H20O4. The highest BCUT2D eigenvalue weighted by Crippen LogP contribution is 2.29. The normalized spacial score (nSPS) is 11.0. The summed E-state index contributed by atoms with van der Waals surface area (Å²) in [7, 11) is 0. The highest BCUT2D eigenvalue weighted by Gasteiger charge is 2.07. The summed E-state index contributed by atoms with van der Waals surface area (Å²) in [4.78, 5) is 10.9. The Kier molecular flexibility index (Phi) is 5.54. The molecule has 0 aromatic heterocycles. The van der Waals surface area contributed by atoms with E-state index >= 15 is 0 Å². The molecule has 3 aromatic carbocycles. The van der Waals surface area contributed by atoms with Gasteiger partial charge < -0.3 is 14.6 Å². The van der Waals surface area contributed by atoms with Crippen LogP contribution in [0.15, 0.2) is 66.7 Å². The van der Waals surface area contributed by atoms with Crippen LogP contribution >= 0.6 is 0 Å². The number of rotatable bonds is 7.